The van der Waals surface area contributed by atoms with Crippen LogP contribution in [0.4, 0.5) is 4.39 Å². The molecule has 0 aliphatic heterocycles. The molecule has 144 valence electrons. The third kappa shape index (κ3) is 3.36. The van der Waals surface area contributed by atoms with E-state index in [1.807, 2.05) is 66.9 Å². The number of fused-ring (bicyclic) bond motifs is 2. The van der Waals surface area contributed by atoms with Gasteiger partial charge in [-0.3, -0.25) is 0 Å². The van der Waals surface area contributed by atoms with E-state index in [9.17, 15) is 9.65 Å². The molecule has 0 saturated carbocycles. The highest BCUT2D eigenvalue weighted by molar-refractivity contribution is 5.92. The monoisotopic (exact) mass is 392 g/mol. The summed E-state index contributed by atoms with van der Waals surface area (Å²) in [5.74, 6) is 0.327. The number of para-hydroxylation sites is 2. The van der Waals surface area contributed by atoms with Crippen LogP contribution in [0, 0.1) is 17.1 Å². The van der Waals surface area contributed by atoms with Crippen LogP contribution in [-0.4, -0.2) is 14.5 Å². The first kappa shape index (κ1) is 17.9. The first-order valence-electron chi connectivity index (χ1n) is 9.60. The number of H-pyrrole nitrogens is 1. The highest BCUT2D eigenvalue weighted by atomic mass is 19.1. The maximum atomic E-state index is 13.5. The van der Waals surface area contributed by atoms with Crippen molar-refractivity contribution in [3.8, 4) is 6.07 Å². The van der Waals surface area contributed by atoms with Crippen molar-refractivity contribution in [1.29, 1.82) is 5.26 Å². The van der Waals surface area contributed by atoms with Crippen LogP contribution >= 0.6 is 0 Å². The number of benzene rings is 3. The third-order valence-electron chi connectivity index (χ3n) is 5.11. The van der Waals surface area contributed by atoms with E-state index in [1.54, 1.807) is 12.1 Å². The van der Waals surface area contributed by atoms with Gasteiger partial charge in [-0.15, -0.1) is 0 Å². The molecule has 0 bridgehead atoms. The number of hydrogen-bond donors (Lipinski definition) is 1. The lowest BCUT2D eigenvalue weighted by Crippen LogP contribution is -1.98. The SMILES string of the molecule is N#C/C(=C\c1ccc2c(ccn2Cc2cccc(F)c2)c1)c1nc2ccccc2[nH]1. The molecule has 2 heterocycles. The number of nitriles is 1. The molecule has 0 saturated heterocycles. The number of nitrogens with one attached hydrogen (secondary N) is 1. The van der Waals surface area contributed by atoms with Crippen LogP contribution in [0.5, 0.6) is 0 Å². The summed E-state index contributed by atoms with van der Waals surface area (Å²) in [5.41, 5.74) is 5.09. The fourth-order valence-corrected chi connectivity index (χ4v) is 3.68. The number of allylic oxidation sites excluding steroid dienone is 1. The summed E-state index contributed by atoms with van der Waals surface area (Å²) in [5, 5.41) is 10.7. The predicted octanol–water partition coefficient (Wildman–Crippen LogP) is 5.77. The second kappa shape index (κ2) is 7.34. The lowest BCUT2D eigenvalue weighted by molar-refractivity contribution is 0.624. The van der Waals surface area contributed by atoms with Gasteiger partial charge in [0.1, 0.15) is 17.7 Å². The fraction of sp³-hybridized carbons (Fsp3) is 0.0400. The van der Waals surface area contributed by atoms with E-state index in [4.69, 9.17) is 0 Å². The van der Waals surface area contributed by atoms with E-state index < -0.39 is 0 Å². The van der Waals surface area contributed by atoms with E-state index in [0.717, 1.165) is 33.1 Å². The minimum absolute atomic E-state index is 0.231. The number of rotatable bonds is 4. The van der Waals surface area contributed by atoms with Crippen LogP contribution in [0.1, 0.15) is 17.0 Å². The molecule has 5 rings (SSSR count). The summed E-state index contributed by atoms with van der Waals surface area (Å²) < 4.78 is 15.6. The highest BCUT2D eigenvalue weighted by Gasteiger charge is 2.09. The third-order valence-corrected chi connectivity index (χ3v) is 5.11. The normalized spacial score (nSPS) is 11.8. The molecule has 3 aromatic carbocycles. The number of imidazole rings is 1. The maximum Gasteiger partial charge on any atom is 0.149 e. The van der Waals surface area contributed by atoms with Crippen molar-refractivity contribution in [2.45, 2.75) is 6.54 Å². The zero-order valence-corrected chi connectivity index (χ0v) is 16.0. The summed E-state index contributed by atoms with van der Waals surface area (Å²) in [6.45, 7) is 0.596. The van der Waals surface area contributed by atoms with Crippen LogP contribution < -0.4 is 0 Å². The zero-order chi connectivity index (χ0) is 20.5. The number of halogens is 1. The van der Waals surface area contributed by atoms with Gasteiger partial charge in [0.15, 0.2) is 0 Å². The summed E-state index contributed by atoms with van der Waals surface area (Å²) in [7, 11) is 0. The van der Waals surface area contributed by atoms with Gasteiger partial charge < -0.3 is 9.55 Å². The second-order valence-corrected chi connectivity index (χ2v) is 7.16. The molecule has 0 aliphatic carbocycles. The van der Waals surface area contributed by atoms with E-state index in [-0.39, 0.29) is 5.82 Å². The van der Waals surface area contributed by atoms with Crippen molar-refractivity contribution in [3.63, 3.8) is 0 Å². The van der Waals surface area contributed by atoms with Crippen LogP contribution in [0.15, 0.2) is 79.0 Å². The molecule has 5 aromatic rings. The van der Waals surface area contributed by atoms with Gasteiger partial charge in [0.2, 0.25) is 0 Å². The van der Waals surface area contributed by atoms with Gasteiger partial charge >= 0.3 is 0 Å². The lowest BCUT2D eigenvalue weighted by Gasteiger charge is -2.06. The standard InChI is InChI=1S/C25H17FN4/c26-21-5-3-4-18(14-21)16-30-11-10-19-12-17(8-9-24(19)30)13-20(15-27)25-28-22-6-1-2-7-23(22)29-25/h1-14H,16H2,(H,28,29)/b20-13+. The Morgan fingerprint density at radius 2 is 1.97 bits per heavy atom. The summed E-state index contributed by atoms with van der Waals surface area (Å²) in [6.07, 6.45) is 3.83. The molecule has 0 spiro atoms. The average Bonchev–Trinajstić information content (AvgIpc) is 3.36. The van der Waals surface area contributed by atoms with Crippen LogP contribution in [0.25, 0.3) is 33.6 Å². The smallest absolute Gasteiger partial charge is 0.149 e. The molecule has 0 aliphatic rings. The Morgan fingerprint density at radius 3 is 2.80 bits per heavy atom. The largest absolute Gasteiger partial charge is 0.343 e. The molecule has 0 radical (unpaired) electrons. The second-order valence-electron chi connectivity index (χ2n) is 7.16. The number of nitrogens with zero attached hydrogens (tertiary/aromatic N) is 3. The van der Waals surface area contributed by atoms with Crippen molar-refractivity contribution >= 4 is 33.6 Å². The van der Waals surface area contributed by atoms with Gasteiger partial charge in [0.25, 0.3) is 0 Å². The molecule has 30 heavy (non-hydrogen) atoms. The number of aromatic nitrogens is 3. The Hall–Kier alpha value is -4.17. The molecule has 2 aromatic heterocycles. The first-order valence-corrected chi connectivity index (χ1v) is 9.60. The number of aromatic amines is 1. The van der Waals surface area contributed by atoms with Crippen molar-refractivity contribution < 1.29 is 4.39 Å². The summed E-state index contributed by atoms with van der Waals surface area (Å²) in [6, 6.07) is 24.7. The molecular formula is C25H17FN4. The number of hydrogen-bond acceptors (Lipinski definition) is 2. The Balaban J connectivity index is 1.48. The van der Waals surface area contributed by atoms with Gasteiger partial charge in [0.05, 0.1) is 16.6 Å². The summed E-state index contributed by atoms with van der Waals surface area (Å²) >= 11 is 0. The van der Waals surface area contributed by atoms with Gasteiger partial charge in [0, 0.05) is 23.6 Å². The Kier molecular flexibility index (Phi) is 4.38. The van der Waals surface area contributed by atoms with Gasteiger partial charge in [-0.05, 0) is 59.7 Å². The Labute approximate surface area is 172 Å². The highest BCUT2D eigenvalue weighted by Crippen LogP contribution is 2.23. The van der Waals surface area contributed by atoms with Crippen LogP contribution in [0.2, 0.25) is 0 Å². The molecule has 5 heteroatoms. The van der Waals surface area contributed by atoms with Crippen LogP contribution in [0.3, 0.4) is 0 Å². The van der Waals surface area contributed by atoms with Gasteiger partial charge in [-0.25, -0.2) is 9.37 Å². The fourth-order valence-electron chi connectivity index (χ4n) is 3.68. The van der Waals surface area contributed by atoms with Crippen LogP contribution in [-0.2, 0) is 6.54 Å². The predicted molar refractivity (Wildman–Crippen MR) is 117 cm³/mol. The van der Waals surface area contributed by atoms with E-state index in [2.05, 4.69) is 20.6 Å². The first-order chi connectivity index (χ1) is 14.7. The quantitative estimate of drug-likeness (QED) is 0.395. The Morgan fingerprint density at radius 1 is 1.07 bits per heavy atom. The van der Waals surface area contributed by atoms with E-state index in [0.29, 0.717) is 17.9 Å². The molecule has 1 N–H and O–H groups in total. The van der Waals surface area contributed by atoms with Crippen molar-refractivity contribution in [2.75, 3.05) is 0 Å². The molecule has 0 fully saturated rings. The van der Waals surface area contributed by atoms with Crippen molar-refractivity contribution in [3.05, 3.63) is 102 Å². The van der Waals surface area contributed by atoms with Crippen molar-refractivity contribution in [1.82, 2.24) is 14.5 Å². The van der Waals surface area contributed by atoms with Gasteiger partial charge in [-0.1, -0.05) is 30.3 Å². The minimum atomic E-state index is -0.231. The zero-order valence-electron chi connectivity index (χ0n) is 16.0. The lowest BCUT2D eigenvalue weighted by atomic mass is 10.1. The molecule has 0 atom stereocenters. The van der Waals surface area contributed by atoms with E-state index in [1.165, 1.54) is 6.07 Å². The molecule has 0 unspecified atom stereocenters. The summed E-state index contributed by atoms with van der Waals surface area (Å²) in [4.78, 5) is 7.72. The van der Waals surface area contributed by atoms with E-state index >= 15 is 0 Å². The van der Waals surface area contributed by atoms with Gasteiger partial charge in [-0.2, -0.15) is 5.26 Å². The molecule has 0 amide bonds. The molecular weight excluding hydrogens is 375 g/mol. The molecule has 4 nitrogen and oxygen atoms in total. The maximum absolute atomic E-state index is 13.5. The minimum Gasteiger partial charge on any atom is -0.343 e. The topological polar surface area (TPSA) is 57.4 Å². The Bertz CT molecular complexity index is 1420. The average molecular weight is 392 g/mol. The van der Waals surface area contributed by atoms with Crippen molar-refractivity contribution in [2.24, 2.45) is 0 Å².